The number of aliphatic imine (C=N–C) groups is 1. The van der Waals surface area contributed by atoms with E-state index in [-0.39, 0.29) is 17.5 Å². The summed E-state index contributed by atoms with van der Waals surface area (Å²) >= 11 is 5.92. The molecule has 0 saturated carbocycles. The lowest BCUT2D eigenvalue weighted by atomic mass is 10.1. The summed E-state index contributed by atoms with van der Waals surface area (Å²) < 4.78 is 29.4. The molecule has 0 spiro atoms. The van der Waals surface area contributed by atoms with Gasteiger partial charge in [0, 0.05) is 16.6 Å². The highest BCUT2D eigenvalue weighted by Crippen LogP contribution is 2.35. The van der Waals surface area contributed by atoms with Crippen molar-refractivity contribution >= 4 is 39.7 Å². The topological polar surface area (TPSA) is 59.4 Å². The van der Waals surface area contributed by atoms with Crippen molar-refractivity contribution in [1.29, 1.82) is 0 Å². The Labute approximate surface area is 176 Å². The Balaban J connectivity index is 1.52. The molecule has 0 aliphatic carbocycles. The van der Waals surface area contributed by atoms with E-state index in [0.717, 1.165) is 22.2 Å². The van der Waals surface area contributed by atoms with Crippen molar-refractivity contribution in [3.8, 4) is 0 Å². The van der Waals surface area contributed by atoms with Gasteiger partial charge in [0.05, 0.1) is 29.0 Å². The highest BCUT2D eigenvalue weighted by atomic mass is 35.5. The minimum absolute atomic E-state index is 0.00262. The first-order valence-electron chi connectivity index (χ1n) is 9.26. The number of hydrogen-bond donors (Lipinski definition) is 1. The number of fused-ring (bicyclic) bond motifs is 2. The van der Waals surface area contributed by atoms with Crippen LogP contribution in [0.3, 0.4) is 0 Å². The second-order valence-corrected chi connectivity index (χ2v) is 7.48. The van der Waals surface area contributed by atoms with E-state index in [1.165, 1.54) is 24.3 Å². The fraction of sp³-hybridized carbons (Fsp3) is 0.0909. The Bertz CT molecular complexity index is 1310. The van der Waals surface area contributed by atoms with E-state index in [9.17, 15) is 8.78 Å². The quantitative estimate of drug-likeness (QED) is 0.513. The molecule has 1 aliphatic heterocycles. The van der Waals surface area contributed by atoms with Gasteiger partial charge < -0.3 is 10.6 Å². The largest absolute Gasteiger partial charge is 0.383 e. The van der Waals surface area contributed by atoms with E-state index < -0.39 is 5.82 Å². The third-order valence-corrected chi connectivity index (χ3v) is 5.44. The summed E-state index contributed by atoms with van der Waals surface area (Å²) in [6.45, 7) is 0.723. The van der Waals surface area contributed by atoms with Crippen molar-refractivity contribution in [2.45, 2.75) is 6.54 Å². The monoisotopic (exact) mass is 423 g/mol. The van der Waals surface area contributed by atoms with Gasteiger partial charge >= 0.3 is 0 Å². The molecule has 2 N–H and O–H groups in total. The van der Waals surface area contributed by atoms with E-state index in [2.05, 4.69) is 10.1 Å². The maximum Gasteiger partial charge on any atom is 0.143 e. The molecule has 0 atom stereocenters. The summed E-state index contributed by atoms with van der Waals surface area (Å²) in [5, 5.41) is 5.35. The van der Waals surface area contributed by atoms with Crippen LogP contribution in [0.15, 0.2) is 65.8 Å². The molecule has 5 rings (SSSR count). The zero-order chi connectivity index (χ0) is 20.8. The number of halogens is 3. The number of anilines is 2. The van der Waals surface area contributed by atoms with Gasteiger partial charge in [-0.3, -0.25) is 4.68 Å². The molecule has 0 saturated heterocycles. The average molecular weight is 424 g/mol. The smallest absolute Gasteiger partial charge is 0.143 e. The predicted octanol–water partition coefficient (Wildman–Crippen LogP) is 4.83. The fourth-order valence-electron chi connectivity index (χ4n) is 3.67. The van der Waals surface area contributed by atoms with Gasteiger partial charge in [-0.05, 0) is 48.0 Å². The summed E-state index contributed by atoms with van der Waals surface area (Å²) in [5.74, 6) is -0.464. The van der Waals surface area contributed by atoms with Crippen LogP contribution >= 0.6 is 11.6 Å². The summed E-state index contributed by atoms with van der Waals surface area (Å²) in [4.78, 5) is 6.20. The van der Waals surface area contributed by atoms with Gasteiger partial charge in [-0.25, -0.2) is 13.8 Å². The third kappa shape index (κ3) is 3.17. The molecule has 0 unspecified atom stereocenters. The van der Waals surface area contributed by atoms with Crippen molar-refractivity contribution in [2.75, 3.05) is 11.6 Å². The molecule has 4 aromatic rings. The first kappa shape index (κ1) is 18.6. The summed E-state index contributed by atoms with van der Waals surface area (Å²) in [6.07, 6.45) is 1.75. The van der Waals surface area contributed by atoms with Gasteiger partial charge in [-0.2, -0.15) is 5.10 Å². The number of rotatable bonds is 3. The maximum atomic E-state index is 14.1. The lowest BCUT2D eigenvalue weighted by molar-refractivity contribution is 0.621. The van der Waals surface area contributed by atoms with Crippen LogP contribution in [0.25, 0.3) is 10.9 Å². The molecule has 5 nitrogen and oxygen atoms in total. The molecular formula is C22H16ClF2N5. The van der Waals surface area contributed by atoms with Crippen LogP contribution in [0.4, 0.5) is 20.2 Å². The number of benzene rings is 3. The van der Waals surface area contributed by atoms with Crippen molar-refractivity contribution in [3.05, 3.63) is 88.6 Å². The lowest BCUT2D eigenvalue weighted by Gasteiger charge is -2.29. The number of hydrogen-bond acceptors (Lipinski definition) is 4. The first-order chi connectivity index (χ1) is 14.5. The maximum absolute atomic E-state index is 14.1. The minimum atomic E-state index is -0.515. The van der Waals surface area contributed by atoms with Crippen LogP contribution in [-0.4, -0.2) is 22.3 Å². The predicted molar refractivity (Wildman–Crippen MR) is 114 cm³/mol. The van der Waals surface area contributed by atoms with Crippen LogP contribution in [0.2, 0.25) is 5.02 Å². The van der Waals surface area contributed by atoms with Crippen LogP contribution in [-0.2, 0) is 6.54 Å². The molecule has 3 aromatic carbocycles. The number of nitrogens with two attached hydrogens (primary N) is 1. The number of nitrogens with zero attached hydrogens (tertiary/aromatic N) is 4. The zero-order valence-electron chi connectivity index (χ0n) is 15.7. The van der Waals surface area contributed by atoms with E-state index in [0.29, 0.717) is 23.6 Å². The zero-order valence-corrected chi connectivity index (χ0v) is 16.4. The standard InChI is InChI=1S/C22H16ClF2N5/c23-18-8-17-21(9-19(18)25)29(12-27-22(17)26)16-4-5-20-14(7-16)10-28-30(20)11-13-2-1-3-15(24)6-13/h1-10H,11-12H2,(H2,26,27). The van der Waals surface area contributed by atoms with Gasteiger partial charge in [-0.1, -0.05) is 23.7 Å². The lowest BCUT2D eigenvalue weighted by Crippen LogP contribution is -2.29. The van der Waals surface area contributed by atoms with E-state index >= 15 is 0 Å². The first-order valence-corrected chi connectivity index (χ1v) is 9.64. The van der Waals surface area contributed by atoms with Crippen LogP contribution < -0.4 is 10.6 Å². The molecule has 0 bridgehead atoms. The molecule has 1 aromatic heterocycles. The molecule has 30 heavy (non-hydrogen) atoms. The van der Waals surface area contributed by atoms with Gasteiger partial charge in [0.2, 0.25) is 0 Å². The summed E-state index contributed by atoms with van der Waals surface area (Å²) in [7, 11) is 0. The van der Waals surface area contributed by atoms with Crippen molar-refractivity contribution in [1.82, 2.24) is 9.78 Å². The van der Waals surface area contributed by atoms with E-state index in [1.807, 2.05) is 33.8 Å². The van der Waals surface area contributed by atoms with Gasteiger partial charge in [0.1, 0.15) is 24.1 Å². The van der Waals surface area contributed by atoms with Gasteiger partial charge in [0.25, 0.3) is 0 Å². The summed E-state index contributed by atoms with van der Waals surface area (Å²) in [6, 6.07) is 15.1. The molecule has 0 fully saturated rings. The minimum Gasteiger partial charge on any atom is -0.383 e. The fourth-order valence-corrected chi connectivity index (χ4v) is 3.83. The third-order valence-electron chi connectivity index (χ3n) is 5.15. The molecule has 150 valence electrons. The van der Waals surface area contributed by atoms with Crippen molar-refractivity contribution in [2.24, 2.45) is 10.7 Å². The normalized spacial score (nSPS) is 13.4. The second kappa shape index (κ2) is 7.11. The van der Waals surface area contributed by atoms with Crippen LogP contribution in [0, 0.1) is 11.6 Å². The SMILES string of the molecule is NC1=NCN(c2ccc3c(cnn3Cc3cccc(F)c3)c2)c2cc(F)c(Cl)cc21. The van der Waals surface area contributed by atoms with Crippen molar-refractivity contribution in [3.63, 3.8) is 0 Å². The Morgan fingerprint density at radius 2 is 1.93 bits per heavy atom. The van der Waals surface area contributed by atoms with Gasteiger partial charge in [-0.15, -0.1) is 0 Å². The van der Waals surface area contributed by atoms with E-state index in [1.54, 1.807) is 12.3 Å². The van der Waals surface area contributed by atoms with Crippen LogP contribution in [0.1, 0.15) is 11.1 Å². The van der Waals surface area contributed by atoms with Crippen molar-refractivity contribution < 1.29 is 8.78 Å². The van der Waals surface area contributed by atoms with E-state index in [4.69, 9.17) is 17.3 Å². The molecule has 8 heteroatoms. The highest BCUT2D eigenvalue weighted by molar-refractivity contribution is 6.31. The average Bonchev–Trinajstić information content (AvgIpc) is 3.12. The molecule has 0 amide bonds. The number of amidine groups is 1. The Morgan fingerprint density at radius 1 is 1.07 bits per heavy atom. The van der Waals surface area contributed by atoms with Crippen LogP contribution in [0.5, 0.6) is 0 Å². The second-order valence-electron chi connectivity index (χ2n) is 7.07. The highest BCUT2D eigenvalue weighted by Gasteiger charge is 2.22. The molecule has 1 aliphatic rings. The molecule has 2 heterocycles. The number of aromatic nitrogens is 2. The summed E-state index contributed by atoms with van der Waals surface area (Å²) in [5.41, 5.74) is 9.74. The van der Waals surface area contributed by atoms with Gasteiger partial charge in [0.15, 0.2) is 0 Å². The Kier molecular flexibility index (Phi) is 4.40. The molecule has 0 radical (unpaired) electrons. The Morgan fingerprint density at radius 3 is 2.77 bits per heavy atom. The molecular weight excluding hydrogens is 408 g/mol. The Hall–Kier alpha value is -3.45.